The van der Waals surface area contributed by atoms with Crippen LogP contribution in [0.4, 0.5) is 5.82 Å². The van der Waals surface area contributed by atoms with Gasteiger partial charge in [-0.05, 0) is 29.5 Å². The van der Waals surface area contributed by atoms with Gasteiger partial charge in [0.05, 0.1) is 17.2 Å². The number of nitrogens with zero attached hydrogens (tertiary/aromatic N) is 4. The number of benzene rings is 1. The van der Waals surface area contributed by atoms with Gasteiger partial charge in [0.2, 0.25) is 5.91 Å². The number of pyridine rings is 1. The van der Waals surface area contributed by atoms with Crippen molar-refractivity contribution in [3.8, 4) is 12.1 Å². The van der Waals surface area contributed by atoms with Gasteiger partial charge >= 0.3 is 0 Å². The van der Waals surface area contributed by atoms with Gasteiger partial charge in [0, 0.05) is 32.3 Å². The van der Waals surface area contributed by atoms with E-state index in [1.165, 1.54) is 18.7 Å². The van der Waals surface area contributed by atoms with Crippen molar-refractivity contribution in [1.29, 1.82) is 10.5 Å². The van der Waals surface area contributed by atoms with Gasteiger partial charge in [-0.3, -0.25) is 4.79 Å². The smallest absolute Gasteiger partial charge is 0.217 e. The van der Waals surface area contributed by atoms with Crippen LogP contribution in [0.15, 0.2) is 29.3 Å². The third-order valence-corrected chi connectivity index (χ3v) is 6.28. The van der Waals surface area contributed by atoms with Crippen molar-refractivity contribution in [2.24, 2.45) is 0 Å². The summed E-state index contributed by atoms with van der Waals surface area (Å²) in [5.41, 5.74) is 3.68. The first kappa shape index (κ1) is 22.6. The van der Waals surface area contributed by atoms with Crippen LogP contribution in [0.5, 0.6) is 0 Å². The number of anilines is 1. The Labute approximate surface area is 186 Å². The maximum atomic E-state index is 11.1. The summed E-state index contributed by atoms with van der Waals surface area (Å²) in [4.78, 5) is 17.7. The molecule has 31 heavy (non-hydrogen) atoms. The molecule has 0 bridgehead atoms. The number of amides is 1. The number of aromatic nitrogens is 1. The number of carbonyl (C=O) groups excluding carboxylic acids is 1. The standard InChI is InChI=1S/C23H25N5O2S/c1-3-19-20(10-24)22(28-9-8-18(30)13-28)27-23(21(19)11-25)31-14-17-6-4-16(5-7-17)12-26-15(2)29/h4-7,18,30H,3,8-9,12-14H2,1-2H3,(H,26,29). The number of thioether (sulfide) groups is 1. The second-order valence-corrected chi connectivity index (χ2v) is 8.41. The Morgan fingerprint density at radius 3 is 2.48 bits per heavy atom. The molecule has 7 nitrogen and oxygen atoms in total. The van der Waals surface area contributed by atoms with Gasteiger partial charge in [0.1, 0.15) is 23.0 Å². The molecule has 1 amide bonds. The summed E-state index contributed by atoms with van der Waals surface area (Å²) in [6.07, 6.45) is 0.769. The number of aliphatic hydroxyl groups excluding tert-OH is 1. The summed E-state index contributed by atoms with van der Waals surface area (Å²) in [6.45, 7) is 4.99. The fourth-order valence-electron chi connectivity index (χ4n) is 3.58. The van der Waals surface area contributed by atoms with E-state index in [1.807, 2.05) is 36.1 Å². The van der Waals surface area contributed by atoms with Gasteiger partial charge in [0.25, 0.3) is 0 Å². The van der Waals surface area contributed by atoms with Crippen LogP contribution >= 0.6 is 11.8 Å². The lowest BCUT2D eigenvalue weighted by Crippen LogP contribution is -2.24. The summed E-state index contributed by atoms with van der Waals surface area (Å²) in [5.74, 6) is 1.12. The number of carbonyl (C=O) groups is 1. The lowest BCUT2D eigenvalue weighted by Gasteiger charge is -2.21. The fraction of sp³-hybridized carbons (Fsp3) is 0.391. The topological polar surface area (TPSA) is 113 Å². The van der Waals surface area contributed by atoms with Crippen molar-refractivity contribution in [3.05, 3.63) is 52.1 Å². The lowest BCUT2D eigenvalue weighted by atomic mass is 10.0. The van der Waals surface area contributed by atoms with E-state index in [-0.39, 0.29) is 5.91 Å². The second kappa shape index (κ2) is 10.3. The highest BCUT2D eigenvalue weighted by Gasteiger charge is 2.27. The SMILES string of the molecule is CCc1c(C#N)c(SCc2ccc(CNC(C)=O)cc2)nc(N2CCC(O)C2)c1C#N. The molecular formula is C23H25N5O2S. The molecule has 0 aliphatic carbocycles. The molecule has 2 aromatic rings. The minimum Gasteiger partial charge on any atom is -0.391 e. The van der Waals surface area contributed by atoms with E-state index < -0.39 is 6.10 Å². The Balaban J connectivity index is 1.85. The molecule has 1 aromatic heterocycles. The molecule has 3 rings (SSSR count). The van der Waals surface area contributed by atoms with Gasteiger partial charge in [-0.1, -0.05) is 31.2 Å². The monoisotopic (exact) mass is 435 g/mol. The van der Waals surface area contributed by atoms with Crippen molar-refractivity contribution >= 4 is 23.5 Å². The zero-order valence-corrected chi connectivity index (χ0v) is 18.5. The highest BCUT2D eigenvalue weighted by molar-refractivity contribution is 7.98. The van der Waals surface area contributed by atoms with Crippen molar-refractivity contribution in [2.75, 3.05) is 18.0 Å². The fourth-order valence-corrected chi connectivity index (χ4v) is 4.54. The maximum Gasteiger partial charge on any atom is 0.217 e. The van der Waals surface area contributed by atoms with Crippen LogP contribution in [0.3, 0.4) is 0 Å². The summed E-state index contributed by atoms with van der Waals surface area (Å²) >= 11 is 1.47. The van der Waals surface area contributed by atoms with Crippen molar-refractivity contribution in [1.82, 2.24) is 10.3 Å². The van der Waals surface area contributed by atoms with Crippen LogP contribution in [-0.2, 0) is 23.5 Å². The molecule has 1 unspecified atom stereocenters. The molecule has 1 aliphatic heterocycles. The van der Waals surface area contributed by atoms with Crippen LogP contribution < -0.4 is 10.2 Å². The zero-order valence-electron chi connectivity index (χ0n) is 17.7. The van der Waals surface area contributed by atoms with Crippen molar-refractivity contribution in [3.63, 3.8) is 0 Å². The maximum absolute atomic E-state index is 11.1. The molecule has 2 N–H and O–H groups in total. The van der Waals surface area contributed by atoms with E-state index in [4.69, 9.17) is 4.98 Å². The first-order chi connectivity index (χ1) is 15.0. The number of β-amino-alcohol motifs (C(OH)–C–C–N with tert-alkyl or cyclic N) is 1. The largest absolute Gasteiger partial charge is 0.391 e. The molecule has 2 heterocycles. The Kier molecular flexibility index (Phi) is 7.51. The van der Waals surface area contributed by atoms with Gasteiger partial charge in [-0.15, -0.1) is 11.8 Å². The lowest BCUT2D eigenvalue weighted by molar-refractivity contribution is -0.119. The number of aliphatic hydroxyl groups is 1. The van der Waals surface area contributed by atoms with Gasteiger partial charge in [0.15, 0.2) is 0 Å². The molecule has 1 saturated heterocycles. The van der Waals surface area contributed by atoms with Crippen LogP contribution in [0, 0.1) is 22.7 Å². The molecule has 0 saturated carbocycles. The minimum absolute atomic E-state index is 0.0661. The van der Waals surface area contributed by atoms with E-state index in [9.17, 15) is 20.4 Å². The molecule has 1 atom stereocenters. The summed E-state index contributed by atoms with van der Waals surface area (Å²) < 4.78 is 0. The third-order valence-electron chi connectivity index (χ3n) is 5.23. The number of nitriles is 2. The van der Waals surface area contributed by atoms with E-state index >= 15 is 0 Å². The van der Waals surface area contributed by atoms with Gasteiger partial charge < -0.3 is 15.3 Å². The quantitative estimate of drug-likeness (QED) is 0.643. The van der Waals surface area contributed by atoms with Crippen molar-refractivity contribution < 1.29 is 9.90 Å². The second-order valence-electron chi connectivity index (χ2n) is 7.45. The minimum atomic E-state index is -0.429. The van der Waals surface area contributed by atoms with Crippen LogP contribution in [0.1, 0.15) is 48.1 Å². The van der Waals surface area contributed by atoms with Crippen LogP contribution in [-0.4, -0.2) is 35.2 Å². The number of hydrogen-bond donors (Lipinski definition) is 2. The Morgan fingerprint density at radius 2 is 1.94 bits per heavy atom. The molecule has 0 radical (unpaired) electrons. The number of nitrogens with one attached hydrogen (secondary N) is 1. The molecule has 1 aliphatic rings. The summed E-state index contributed by atoms with van der Waals surface area (Å²) in [5, 5.41) is 32.9. The Hall–Kier alpha value is -3.07. The normalized spacial score (nSPS) is 15.4. The predicted octanol–water partition coefficient (Wildman–Crippen LogP) is 2.89. The van der Waals surface area contributed by atoms with E-state index in [1.54, 1.807) is 0 Å². The van der Waals surface area contributed by atoms with Crippen molar-refractivity contribution in [2.45, 2.75) is 50.1 Å². The molecular weight excluding hydrogens is 410 g/mol. The van der Waals surface area contributed by atoms with E-state index in [2.05, 4.69) is 17.5 Å². The van der Waals surface area contributed by atoms with E-state index in [0.717, 1.165) is 11.1 Å². The van der Waals surface area contributed by atoms with E-state index in [0.29, 0.717) is 65.8 Å². The van der Waals surface area contributed by atoms with Gasteiger partial charge in [-0.2, -0.15) is 10.5 Å². The summed E-state index contributed by atoms with van der Waals surface area (Å²) in [6, 6.07) is 12.4. The molecule has 1 aromatic carbocycles. The first-order valence-corrected chi connectivity index (χ1v) is 11.2. The Bertz CT molecular complexity index is 1040. The zero-order chi connectivity index (χ0) is 22.4. The molecule has 1 fully saturated rings. The molecule has 8 heteroatoms. The third kappa shape index (κ3) is 5.35. The van der Waals surface area contributed by atoms with Crippen LogP contribution in [0.25, 0.3) is 0 Å². The van der Waals surface area contributed by atoms with Gasteiger partial charge in [-0.25, -0.2) is 4.98 Å². The molecule has 0 spiro atoms. The predicted molar refractivity (Wildman–Crippen MR) is 119 cm³/mol. The average molecular weight is 436 g/mol. The Morgan fingerprint density at radius 1 is 1.26 bits per heavy atom. The average Bonchev–Trinajstić information content (AvgIpc) is 3.21. The molecule has 160 valence electrons. The van der Waals surface area contributed by atoms with Crippen LogP contribution in [0.2, 0.25) is 0 Å². The number of hydrogen-bond acceptors (Lipinski definition) is 7. The summed E-state index contributed by atoms with van der Waals surface area (Å²) in [7, 11) is 0. The number of rotatable bonds is 7. The highest BCUT2D eigenvalue weighted by atomic mass is 32.2. The highest BCUT2D eigenvalue weighted by Crippen LogP contribution is 2.34. The first-order valence-electron chi connectivity index (χ1n) is 10.2.